The van der Waals surface area contributed by atoms with Gasteiger partial charge in [-0.05, 0) is 55.8 Å². The predicted octanol–water partition coefficient (Wildman–Crippen LogP) is 5.85. The third-order valence-corrected chi connectivity index (χ3v) is 8.29. The second-order valence-corrected chi connectivity index (χ2v) is 11.4. The van der Waals surface area contributed by atoms with E-state index >= 15 is 0 Å². The van der Waals surface area contributed by atoms with Crippen LogP contribution in [0.3, 0.4) is 0 Å². The number of carboxylic acids is 1. The van der Waals surface area contributed by atoms with Crippen molar-refractivity contribution in [2.24, 2.45) is 4.99 Å². The first-order chi connectivity index (χ1) is 20.7. The Hall–Kier alpha value is -4.12. The fourth-order valence-electron chi connectivity index (χ4n) is 4.89. The Morgan fingerprint density at radius 1 is 1.14 bits per heavy atom. The third-order valence-electron chi connectivity index (χ3n) is 6.76. The summed E-state index contributed by atoms with van der Waals surface area (Å²) < 4.78 is 18.8. The zero-order chi connectivity index (χ0) is 30.8. The van der Waals surface area contributed by atoms with Crippen molar-refractivity contribution in [3.63, 3.8) is 0 Å². The van der Waals surface area contributed by atoms with E-state index in [1.807, 2.05) is 6.92 Å². The van der Waals surface area contributed by atoms with Gasteiger partial charge in [0.2, 0.25) is 0 Å². The quantitative estimate of drug-likeness (QED) is 0.228. The van der Waals surface area contributed by atoms with E-state index in [4.69, 9.17) is 42.1 Å². The lowest BCUT2D eigenvalue weighted by Crippen LogP contribution is -2.40. The van der Waals surface area contributed by atoms with Crippen LogP contribution in [0.1, 0.15) is 54.4 Å². The van der Waals surface area contributed by atoms with Crippen LogP contribution in [0.25, 0.3) is 17.4 Å². The first kappa shape index (κ1) is 30.3. The molecule has 0 saturated carbocycles. The number of nitrogens with zero attached hydrogens (tertiary/aromatic N) is 2. The maximum Gasteiger partial charge on any atom is 0.338 e. The van der Waals surface area contributed by atoms with Crippen molar-refractivity contribution in [1.82, 2.24) is 4.57 Å². The zero-order valence-electron chi connectivity index (χ0n) is 23.4. The monoisotopic (exact) mass is 640 g/mol. The van der Waals surface area contributed by atoms with Gasteiger partial charge >= 0.3 is 11.9 Å². The van der Waals surface area contributed by atoms with Gasteiger partial charge in [-0.25, -0.2) is 14.6 Å². The number of thiazole rings is 1. The number of esters is 1. The molecule has 0 bridgehead atoms. The number of methoxy groups -OCH3 is 1. The van der Waals surface area contributed by atoms with Crippen LogP contribution in [0.4, 0.5) is 0 Å². The van der Waals surface area contributed by atoms with Crippen LogP contribution in [-0.2, 0) is 9.53 Å². The fraction of sp³-hybridized carbons (Fsp3) is 0.226. The molecule has 2 aromatic carbocycles. The molecule has 2 aromatic heterocycles. The Morgan fingerprint density at radius 2 is 1.93 bits per heavy atom. The Morgan fingerprint density at radius 3 is 2.60 bits per heavy atom. The molecule has 4 aromatic rings. The number of carboxylic acid groups (broad SMARTS) is 1. The largest absolute Gasteiger partial charge is 0.496 e. The SMILES string of the molecule is CCCC1=C(C(=O)OCC)[C@H](c2cc(Cl)ccc2OC)n2c(s/c(=C/c3ccc(-c4ccc(C(=O)O)c(Cl)c4)o3)c2=O)=N1. The molecule has 0 aliphatic carbocycles. The maximum absolute atomic E-state index is 14.0. The molecule has 9 nitrogen and oxygen atoms in total. The van der Waals surface area contributed by atoms with E-state index < -0.39 is 18.0 Å². The topological polar surface area (TPSA) is 120 Å². The van der Waals surface area contributed by atoms with Gasteiger partial charge < -0.3 is 19.0 Å². The second kappa shape index (κ2) is 12.6. The van der Waals surface area contributed by atoms with Gasteiger partial charge in [0, 0.05) is 22.2 Å². The van der Waals surface area contributed by atoms with Crippen molar-refractivity contribution in [3.8, 4) is 17.1 Å². The molecule has 5 rings (SSSR count). The van der Waals surface area contributed by atoms with Crippen LogP contribution >= 0.6 is 34.5 Å². The minimum atomic E-state index is -1.13. The van der Waals surface area contributed by atoms with Crippen LogP contribution in [0.5, 0.6) is 5.75 Å². The van der Waals surface area contributed by atoms with Crippen LogP contribution < -0.4 is 19.6 Å². The molecule has 3 heterocycles. The number of aromatic nitrogens is 1. The van der Waals surface area contributed by atoms with Gasteiger partial charge in [-0.3, -0.25) is 9.36 Å². The number of halogens is 2. The average molecular weight is 642 g/mol. The molecule has 0 fully saturated rings. The van der Waals surface area contributed by atoms with Crippen molar-refractivity contribution in [2.45, 2.75) is 32.7 Å². The highest BCUT2D eigenvalue weighted by molar-refractivity contribution is 7.07. The van der Waals surface area contributed by atoms with Crippen molar-refractivity contribution >= 4 is 52.6 Å². The Labute approximate surface area is 259 Å². The van der Waals surface area contributed by atoms with Gasteiger partial charge in [0.15, 0.2) is 4.80 Å². The highest BCUT2D eigenvalue weighted by Gasteiger charge is 2.36. The Balaban J connectivity index is 1.68. The molecule has 0 unspecified atom stereocenters. The van der Waals surface area contributed by atoms with E-state index in [-0.39, 0.29) is 28.3 Å². The first-order valence-electron chi connectivity index (χ1n) is 13.3. The molecule has 1 atom stereocenters. The number of fused-ring (bicyclic) bond motifs is 1. The van der Waals surface area contributed by atoms with Crippen molar-refractivity contribution < 1.29 is 28.6 Å². The summed E-state index contributed by atoms with van der Waals surface area (Å²) in [6, 6.07) is 12.0. The molecule has 43 heavy (non-hydrogen) atoms. The van der Waals surface area contributed by atoms with E-state index in [0.717, 1.165) is 11.3 Å². The molecule has 1 aliphatic rings. The lowest BCUT2D eigenvalue weighted by atomic mass is 9.93. The number of carbonyl (C=O) groups is 2. The molecule has 222 valence electrons. The van der Waals surface area contributed by atoms with Crippen molar-refractivity contribution in [1.29, 1.82) is 0 Å². The fourth-order valence-corrected chi connectivity index (χ4v) is 6.33. The van der Waals surface area contributed by atoms with Gasteiger partial charge in [-0.15, -0.1) is 0 Å². The van der Waals surface area contributed by atoms with Crippen molar-refractivity contribution in [3.05, 3.63) is 106 Å². The summed E-state index contributed by atoms with van der Waals surface area (Å²) in [4.78, 5) is 43.9. The normalized spacial score (nSPS) is 14.8. The minimum absolute atomic E-state index is 0.0196. The van der Waals surface area contributed by atoms with E-state index in [0.29, 0.717) is 61.3 Å². The average Bonchev–Trinajstić information content (AvgIpc) is 3.56. The molecule has 1 aliphatic heterocycles. The third kappa shape index (κ3) is 5.90. The van der Waals surface area contributed by atoms with Gasteiger partial charge in [0.1, 0.15) is 23.3 Å². The highest BCUT2D eigenvalue weighted by atomic mass is 35.5. The number of hydrogen-bond acceptors (Lipinski definition) is 8. The maximum atomic E-state index is 14.0. The molecule has 0 radical (unpaired) electrons. The summed E-state index contributed by atoms with van der Waals surface area (Å²) >= 11 is 13.7. The summed E-state index contributed by atoms with van der Waals surface area (Å²) in [6.45, 7) is 3.84. The van der Waals surface area contributed by atoms with E-state index in [2.05, 4.69) is 0 Å². The number of hydrogen-bond donors (Lipinski definition) is 1. The lowest BCUT2D eigenvalue weighted by molar-refractivity contribution is -0.139. The number of furan rings is 1. The predicted molar refractivity (Wildman–Crippen MR) is 164 cm³/mol. The Kier molecular flexibility index (Phi) is 8.91. The van der Waals surface area contributed by atoms with Gasteiger partial charge in [-0.2, -0.15) is 0 Å². The smallest absolute Gasteiger partial charge is 0.338 e. The van der Waals surface area contributed by atoms with Crippen LogP contribution in [0.2, 0.25) is 10.0 Å². The number of allylic oxidation sites excluding steroid dienone is 1. The molecular weight excluding hydrogens is 615 g/mol. The number of benzene rings is 2. The van der Waals surface area contributed by atoms with E-state index in [1.165, 1.54) is 23.8 Å². The number of rotatable bonds is 9. The molecule has 12 heteroatoms. The standard InChI is InChI=1S/C31H26Cl2N2O7S/c1-4-6-22-26(30(39)41-5-2)27(20-14-17(32)8-11-24(20)40-3)35-28(36)25(43-31(35)34-22)15-18-9-12-23(42-18)16-7-10-19(29(37)38)21(33)13-16/h7-15,27H,4-6H2,1-3H3,(H,37,38)/b25-15+/t27-/m0/s1. The second-order valence-electron chi connectivity index (χ2n) is 9.50. The number of carbonyl (C=O) groups excluding carboxylic acids is 1. The Bertz CT molecular complexity index is 1950. The summed E-state index contributed by atoms with van der Waals surface area (Å²) in [5.74, 6) is -0.428. The highest BCUT2D eigenvalue weighted by Crippen LogP contribution is 2.38. The number of ether oxygens (including phenoxy) is 2. The molecule has 0 saturated heterocycles. The lowest BCUT2D eigenvalue weighted by Gasteiger charge is -2.27. The van der Waals surface area contributed by atoms with Crippen LogP contribution in [0, 0.1) is 0 Å². The summed E-state index contributed by atoms with van der Waals surface area (Å²) in [5, 5.41) is 9.74. The van der Waals surface area contributed by atoms with E-state index in [9.17, 15) is 19.5 Å². The first-order valence-corrected chi connectivity index (χ1v) is 14.9. The van der Waals surface area contributed by atoms with Crippen molar-refractivity contribution in [2.75, 3.05) is 13.7 Å². The molecule has 0 amide bonds. The minimum Gasteiger partial charge on any atom is -0.496 e. The zero-order valence-corrected chi connectivity index (χ0v) is 25.7. The molecule has 0 spiro atoms. The van der Waals surface area contributed by atoms with Crippen LogP contribution in [-0.4, -0.2) is 35.3 Å². The van der Waals surface area contributed by atoms with E-state index in [1.54, 1.807) is 49.4 Å². The van der Waals surface area contributed by atoms with Gasteiger partial charge in [0.25, 0.3) is 5.56 Å². The molecular formula is C31H26Cl2N2O7S. The van der Waals surface area contributed by atoms with Gasteiger partial charge in [0.05, 0.1) is 40.1 Å². The summed E-state index contributed by atoms with van der Waals surface area (Å²) in [7, 11) is 1.51. The summed E-state index contributed by atoms with van der Waals surface area (Å²) in [5.41, 5.74) is 1.48. The van der Waals surface area contributed by atoms with Gasteiger partial charge in [-0.1, -0.05) is 53.9 Å². The van der Waals surface area contributed by atoms with Crippen LogP contribution in [0.15, 0.2) is 74.0 Å². The number of aromatic carboxylic acids is 1. The summed E-state index contributed by atoms with van der Waals surface area (Å²) in [6.07, 6.45) is 2.80. The molecule has 1 N–H and O–H groups in total.